The van der Waals surface area contributed by atoms with Crippen molar-refractivity contribution in [3.05, 3.63) is 69.2 Å². The summed E-state index contributed by atoms with van der Waals surface area (Å²) in [4.78, 5) is 15.3. The van der Waals surface area contributed by atoms with Crippen LogP contribution in [0.15, 0.2) is 48.5 Å². The summed E-state index contributed by atoms with van der Waals surface area (Å²) in [6.45, 7) is 4.17. The number of nitro groups is 1. The van der Waals surface area contributed by atoms with Crippen molar-refractivity contribution in [3.8, 4) is 0 Å². The van der Waals surface area contributed by atoms with E-state index in [1.165, 1.54) is 11.6 Å². The molecular formula is C17H18ClN3O2. The van der Waals surface area contributed by atoms with Crippen molar-refractivity contribution in [2.24, 2.45) is 0 Å². The average molecular weight is 332 g/mol. The van der Waals surface area contributed by atoms with Crippen LogP contribution in [0, 0.1) is 10.1 Å². The van der Waals surface area contributed by atoms with Crippen LogP contribution in [0.1, 0.15) is 5.56 Å². The second kappa shape index (κ2) is 6.98. The Kier molecular flexibility index (Phi) is 4.79. The van der Waals surface area contributed by atoms with E-state index in [9.17, 15) is 10.1 Å². The molecule has 5 nitrogen and oxygen atoms in total. The number of benzene rings is 2. The second-order valence-corrected chi connectivity index (χ2v) is 6.08. The molecule has 0 amide bonds. The molecule has 0 aliphatic carbocycles. The highest BCUT2D eigenvalue weighted by Gasteiger charge is 2.23. The normalized spacial score (nSPS) is 15.6. The summed E-state index contributed by atoms with van der Waals surface area (Å²) in [5.41, 5.74) is 2.02. The SMILES string of the molecule is O=[N+]([O-])c1ccc(Cl)cc1N1CCN(Cc2ccccc2)CC1. The Morgan fingerprint density at radius 3 is 2.39 bits per heavy atom. The van der Waals surface area contributed by atoms with Crippen molar-refractivity contribution in [2.45, 2.75) is 6.54 Å². The fourth-order valence-corrected chi connectivity index (χ4v) is 3.06. The number of hydrogen-bond donors (Lipinski definition) is 0. The van der Waals surface area contributed by atoms with Gasteiger partial charge < -0.3 is 4.90 Å². The van der Waals surface area contributed by atoms with Crippen molar-refractivity contribution >= 4 is 23.0 Å². The van der Waals surface area contributed by atoms with Gasteiger partial charge in [-0.05, 0) is 17.7 Å². The molecule has 0 radical (unpaired) electrons. The number of rotatable bonds is 4. The van der Waals surface area contributed by atoms with Gasteiger partial charge >= 0.3 is 0 Å². The predicted octanol–water partition coefficient (Wildman–Crippen LogP) is 3.57. The van der Waals surface area contributed by atoms with Gasteiger partial charge in [-0.2, -0.15) is 0 Å². The molecule has 1 fully saturated rings. The maximum absolute atomic E-state index is 11.2. The molecule has 6 heteroatoms. The highest BCUT2D eigenvalue weighted by molar-refractivity contribution is 6.31. The van der Waals surface area contributed by atoms with Crippen LogP contribution in [0.5, 0.6) is 0 Å². The molecule has 0 spiro atoms. The molecule has 0 N–H and O–H groups in total. The van der Waals surface area contributed by atoms with Gasteiger partial charge in [-0.1, -0.05) is 41.9 Å². The van der Waals surface area contributed by atoms with Crippen LogP contribution < -0.4 is 4.90 Å². The molecule has 0 aromatic heterocycles. The highest BCUT2D eigenvalue weighted by atomic mass is 35.5. The standard InChI is InChI=1S/C17H18ClN3O2/c18-15-6-7-16(21(22)23)17(12-15)20-10-8-19(9-11-20)13-14-4-2-1-3-5-14/h1-7,12H,8-11,13H2. The third kappa shape index (κ3) is 3.81. The zero-order valence-corrected chi connectivity index (χ0v) is 13.4. The fourth-order valence-electron chi connectivity index (χ4n) is 2.89. The van der Waals surface area contributed by atoms with Gasteiger partial charge in [0, 0.05) is 43.8 Å². The smallest absolute Gasteiger partial charge is 0.292 e. The van der Waals surface area contributed by atoms with E-state index in [-0.39, 0.29) is 10.6 Å². The van der Waals surface area contributed by atoms with Gasteiger partial charge in [0.1, 0.15) is 5.69 Å². The molecule has 1 aliphatic rings. The highest BCUT2D eigenvalue weighted by Crippen LogP contribution is 2.31. The third-order valence-corrected chi connectivity index (χ3v) is 4.33. The van der Waals surface area contributed by atoms with Gasteiger partial charge in [0.15, 0.2) is 0 Å². The first-order valence-electron chi connectivity index (χ1n) is 7.58. The quantitative estimate of drug-likeness (QED) is 0.635. The summed E-state index contributed by atoms with van der Waals surface area (Å²) in [6, 6.07) is 15.1. The minimum atomic E-state index is -0.345. The van der Waals surface area contributed by atoms with E-state index < -0.39 is 0 Å². The molecule has 0 atom stereocenters. The number of nitrogens with zero attached hydrogens (tertiary/aromatic N) is 3. The zero-order valence-electron chi connectivity index (χ0n) is 12.7. The van der Waals surface area contributed by atoms with Crippen molar-refractivity contribution < 1.29 is 4.92 Å². The van der Waals surface area contributed by atoms with Gasteiger partial charge in [-0.25, -0.2) is 0 Å². The van der Waals surface area contributed by atoms with Crippen LogP contribution in [-0.2, 0) is 6.54 Å². The van der Waals surface area contributed by atoms with Crippen molar-refractivity contribution in [2.75, 3.05) is 31.1 Å². The topological polar surface area (TPSA) is 49.6 Å². The lowest BCUT2D eigenvalue weighted by atomic mass is 10.2. The molecule has 0 unspecified atom stereocenters. The van der Waals surface area contributed by atoms with Gasteiger partial charge in [0.05, 0.1) is 4.92 Å². The minimum absolute atomic E-state index is 0.117. The Labute approximate surface area is 140 Å². The van der Waals surface area contributed by atoms with E-state index in [4.69, 9.17) is 11.6 Å². The first kappa shape index (κ1) is 15.8. The summed E-state index contributed by atoms with van der Waals surface area (Å²) < 4.78 is 0. The Balaban J connectivity index is 1.67. The van der Waals surface area contributed by atoms with Crippen molar-refractivity contribution in [1.82, 2.24) is 4.90 Å². The Morgan fingerprint density at radius 1 is 1.04 bits per heavy atom. The molecule has 0 bridgehead atoms. The molecule has 3 rings (SSSR count). The van der Waals surface area contributed by atoms with Crippen LogP contribution in [0.25, 0.3) is 0 Å². The van der Waals surface area contributed by atoms with Crippen LogP contribution in [-0.4, -0.2) is 36.0 Å². The fraction of sp³-hybridized carbons (Fsp3) is 0.294. The summed E-state index contributed by atoms with van der Waals surface area (Å²) in [5.74, 6) is 0. The van der Waals surface area contributed by atoms with Crippen LogP contribution in [0.3, 0.4) is 0 Å². The van der Waals surface area contributed by atoms with E-state index in [0.717, 1.165) is 32.7 Å². The summed E-state index contributed by atoms with van der Waals surface area (Å²) >= 11 is 6.02. The Bertz CT molecular complexity index is 685. The van der Waals surface area contributed by atoms with Gasteiger partial charge in [0.25, 0.3) is 5.69 Å². The van der Waals surface area contributed by atoms with Gasteiger partial charge in [-0.15, -0.1) is 0 Å². The van der Waals surface area contributed by atoms with Crippen LogP contribution in [0.4, 0.5) is 11.4 Å². The number of piperazine rings is 1. The predicted molar refractivity (Wildman–Crippen MR) is 92.0 cm³/mol. The zero-order chi connectivity index (χ0) is 16.2. The number of hydrogen-bond acceptors (Lipinski definition) is 4. The average Bonchev–Trinajstić information content (AvgIpc) is 2.56. The maximum Gasteiger partial charge on any atom is 0.292 e. The summed E-state index contributed by atoms with van der Waals surface area (Å²) in [5, 5.41) is 11.7. The number of halogens is 1. The van der Waals surface area contributed by atoms with E-state index >= 15 is 0 Å². The van der Waals surface area contributed by atoms with Gasteiger partial charge in [0.2, 0.25) is 0 Å². The third-order valence-electron chi connectivity index (χ3n) is 4.10. The summed E-state index contributed by atoms with van der Waals surface area (Å²) in [6.07, 6.45) is 0. The molecule has 120 valence electrons. The molecule has 0 saturated carbocycles. The molecular weight excluding hydrogens is 314 g/mol. The first-order valence-corrected chi connectivity index (χ1v) is 7.96. The Hall–Kier alpha value is -2.11. The lowest BCUT2D eigenvalue weighted by Gasteiger charge is -2.35. The van der Waals surface area contributed by atoms with Crippen molar-refractivity contribution in [3.63, 3.8) is 0 Å². The van der Waals surface area contributed by atoms with E-state index in [0.29, 0.717) is 10.7 Å². The van der Waals surface area contributed by atoms with Crippen LogP contribution in [0.2, 0.25) is 5.02 Å². The first-order chi connectivity index (χ1) is 11.1. The van der Waals surface area contributed by atoms with E-state index in [2.05, 4.69) is 17.0 Å². The number of nitro benzene ring substituents is 1. The molecule has 1 aliphatic heterocycles. The molecule has 2 aromatic carbocycles. The lowest BCUT2D eigenvalue weighted by Crippen LogP contribution is -2.46. The largest absolute Gasteiger partial charge is 0.363 e. The lowest BCUT2D eigenvalue weighted by molar-refractivity contribution is -0.384. The minimum Gasteiger partial charge on any atom is -0.363 e. The van der Waals surface area contributed by atoms with E-state index in [1.807, 2.05) is 23.1 Å². The molecule has 1 saturated heterocycles. The summed E-state index contributed by atoms with van der Waals surface area (Å²) in [7, 11) is 0. The molecule has 1 heterocycles. The second-order valence-electron chi connectivity index (χ2n) is 5.64. The molecule has 23 heavy (non-hydrogen) atoms. The maximum atomic E-state index is 11.2. The Morgan fingerprint density at radius 2 is 1.74 bits per heavy atom. The van der Waals surface area contributed by atoms with E-state index in [1.54, 1.807) is 12.1 Å². The van der Waals surface area contributed by atoms with Crippen molar-refractivity contribution in [1.29, 1.82) is 0 Å². The molecule has 2 aromatic rings. The monoisotopic (exact) mass is 331 g/mol. The number of anilines is 1. The van der Waals surface area contributed by atoms with Crippen LogP contribution >= 0.6 is 11.6 Å². The van der Waals surface area contributed by atoms with Gasteiger partial charge in [-0.3, -0.25) is 15.0 Å².